The van der Waals surface area contributed by atoms with Crippen molar-refractivity contribution in [3.05, 3.63) is 0 Å². The molecule has 3 rings (SSSR count). The van der Waals surface area contributed by atoms with E-state index in [0.29, 0.717) is 6.42 Å². The largest absolute Gasteiger partial charge is 0.480 e. The topological polar surface area (TPSA) is 74.7 Å². The van der Waals surface area contributed by atoms with Crippen LogP contribution in [0, 0.1) is 29.6 Å². The number of imide groups is 1. The molecule has 0 aromatic rings. The summed E-state index contributed by atoms with van der Waals surface area (Å²) in [4.78, 5) is 38.5. The normalized spacial score (nSPS) is 41.4. The standard InChI is InChI=1S/C15H19Br2NO4/c1-5(2)3-8(15(21)22)18-13(19)9-6-4-7(10(9)14(18)20)12(17)11(6)16/h5-12H,3-4H2,1-2H3,(H,21,22)/t6-,7+,8-,9-,10+,11-,12-/m0/s1. The maximum atomic E-state index is 12.8. The van der Waals surface area contributed by atoms with E-state index in [2.05, 4.69) is 31.9 Å². The van der Waals surface area contributed by atoms with Gasteiger partial charge >= 0.3 is 5.97 Å². The number of carboxylic acids is 1. The molecule has 1 aliphatic heterocycles. The highest BCUT2D eigenvalue weighted by Crippen LogP contribution is 2.60. The van der Waals surface area contributed by atoms with E-state index in [-0.39, 0.29) is 51.1 Å². The highest BCUT2D eigenvalue weighted by Gasteiger charge is 2.67. The number of alkyl halides is 2. The average molecular weight is 437 g/mol. The van der Waals surface area contributed by atoms with Crippen LogP contribution >= 0.6 is 31.9 Å². The van der Waals surface area contributed by atoms with Crippen molar-refractivity contribution in [2.75, 3.05) is 0 Å². The van der Waals surface area contributed by atoms with Gasteiger partial charge in [-0.3, -0.25) is 14.5 Å². The van der Waals surface area contributed by atoms with Crippen molar-refractivity contribution in [3.8, 4) is 0 Å². The van der Waals surface area contributed by atoms with Crippen LogP contribution < -0.4 is 0 Å². The van der Waals surface area contributed by atoms with E-state index >= 15 is 0 Å². The summed E-state index contributed by atoms with van der Waals surface area (Å²) in [6.07, 6.45) is 1.16. The van der Waals surface area contributed by atoms with Gasteiger partial charge in [0.1, 0.15) is 6.04 Å². The summed E-state index contributed by atoms with van der Waals surface area (Å²) in [5.74, 6) is -1.99. The van der Waals surface area contributed by atoms with E-state index in [1.54, 1.807) is 0 Å². The van der Waals surface area contributed by atoms with Crippen LogP contribution in [0.4, 0.5) is 0 Å². The van der Waals surface area contributed by atoms with Crippen molar-refractivity contribution in [2.24, 2.45) is 29.6 Å². The van der Waals surface area contributed by atoms with E-state index in [0.717, 1.165) is 11.3 Å². The Morgan fingerprint density at radius 1 is 1.18 bits per heavy atom. The number of carbonyl (C=O) groups is 3. The minimum absolute atomic E-state index is 0.103. The second kappa shape index (κ2) is 5.58. The monoisotopic (exact) mass is 435 g/mol. The fourth-order valence-corrected chi connectivity index (χ4v) is 6.32. The molecule has 0 aromatic heterocycles. The Morgan fingerprint density at radius 2 is 1.64 bits per heavy atom. The Morgan fingerprint density at radius 3 is 2.00 bits per heavy atom. The predicted molar refractivity (Wildman–Crippen MR) is 86.7 cm³/mol. The van der Waals surface area contributed by atoms with Gasteiger partial charge in [0.15, 0.2) is 0 Å². The lowest BCUT2D eigenvalue weighted by Crippen LogP contribution is -2.47. The van der Waals surface area contributed by atoms with Crippen LogP contribution in [0.2, 0.25) is 0 Å². The first-order valence-corrected chi connectivity index (χ1v) is 9.46. The number of rotatable bonds is 4. The maximum absolute atomic E-state index is 12.8. The zero-order chi connectivity index (χ0) is 16.3. The molecule has 5 nitrogen and oxygen atoms in total. The molecule has 3 aliphatic rings. The third-order valence-electron chi connectivity index (χ3n) is 5.31. The minimum atomic E-state index is -1.09. The van der Waals surface area contributed by atoms with Crippen LogP contribution in [-0.2, 0) is 14.4 Å². The first-order valence-electron chi connectivity index (χ1n) is 7.63. The molecule has 0 spiro atoms. The number of fused-ring (bicyclic) bond motifs is 5. The summed E-state index contributed by atoms with van der Waals surface area (Å²) in [7, 11) is 0. The second-order valence-corrected chi connectivity index (χ2v) is 9.15. The molecule has 2 saturated carbocycles. The molecule has 1 heterocycles. The molecule has 0 radical (unpaired) electrons. The highest BCUT2D eigenvalue weighted by molar-refractivity contribution is 9.12. The second-order valence-electron chi connectivity index (χ2n) is 7.03. The highest BCUT2D eigenvalue weighted by atomic mass is 79.9. The lowest BCUT2D eigenvalue weighted by molar-refractivity contribution is -0.156. The molecule has 122 valence electrons. The Balaban J connectivity index is 1.92. The average Bonchev–Trinajstić information content (AvgIpc) is 3.02. The maximum Gasteiger partial charge on any atom is 0.326 e. The number of nitrogens with zero attached hydrogens (tertiary/aromatic N) is 1. The Hall–Kier alpha value is -0.430. The molecule has 1 N–H and O–H groups in total. The van der Waals surface area contributed by atoms with Gasteiger partial charge in [-0.05, 0) is 30.6 Å². The SMILES string of the molecule is CC(C)C[C@@H](C(=O)O)N1C(=O)[C@@H]2[C@H]3C[C@H]([C@H](Br)[C@H]3Br)[C@@H]2C1=O. The smallest absolute Gasteiger partial charge is 0.326 e. The fraction of sp³-hybridized carbons (Fsp3) is 0.800. The van der Waals surface area contributed by atoms with Crippen LogP contribution in [0.25, 0.3) is 0 Å². The molecular weight excluding hydrogens is 418 g/mol. The molecule has 2 amide bonds. The summed E-state index contributed by atoms with van der Waals surface area (Å²) in [5, 5.41) is 9.47. The molecular formula is C15H19Br2NO4. The molecule has 2 bridgehead atoms. The van der Waals surface area contributed by atoms with E-state index in [1.807, 2.05) is 13.8 Å². The number of carbonyl (C=O) groups excluding carboxylic acids is 2. The number of hydrogen-bond donors (Lipinski definition) is 1. The van der Waals surface area contributed by atoms with Gasteiger partial charge < -0.3 is 5.11 Å². The summed E-state index contributed by atoms with van der Waals surface area (Å²) in [6.45, 7) is 3.79. The molecule has 0 aromatic carbocycles. The number of halogens is 2. The zero-order valence-corrected chi connectivity index (χ0v) is 15.6. The Kier molecular flexibility index (Phi) is 4.17. The van der Waals surface area contributed by atoms with Gasteiger partial charge in [0.05, 0.1) is 11.8 Å². The van der Waals surface area contributed by atoms with E-state index in [9.17, 15) is 19.5 Å². The third-order valence-corrected chi connectivity index (χ3v) is 8.52. The quantitative estimate of drug-likeness (QED) is 0.541. The van der Waals surface area contributed by atoms with E-state index < -0.39 is 12.0 Å². The van der Waals surface area contributed by atoms with Crippen molar-refractivity contribution in [2.45, 2.75) is 42.4 Å². The molecule has 22 heavy (non-hydrogen) atoms. The van der Waals surface area contributed by atoms with Crippen molar-refractivity contribution in [1.82, 2.24) is 4.90 Å². The van der Waals surface area contributed by atoms with Gasteiger partial charge in [0.25, 0.3) is 0 Å². The lowest BCUT2D eigenvalue weighted by Gasteiger charge is -2.28. The zero-order valence-electron chi connectivity index (χ0n) is 12.4. The molecule has 3 fully saturated rings. The number of carboxylic acid groups (broad SMARTS) is 1. The van der Waals surface area contributed by atoms with Crippen LogP contribution in [0.15, 0.2) is 0 Å². The van der Waals surface area contributed by atoms with Gasteiger partial charge in [-0.1, -0.05) is 45.7 Å². The van der Waals surface area contributed by atoms with Crippen molar-refractivity contribution in [1.29, 1.82) is 0 Å². The van der Waals surface area contributed by atoms with Crippen molar-refractivity contribution >= 4 is 49.6 Å². The molecule has 7 heteroatoms. The van der Waals surface area contributed by atoms with Crippen LogP contribution in [0.1, 0.15) is 26.7 Å². The van der Waals surface area contributed by atoms with Gasteiger partial charge in [-0.2, -0.15) is 0 Å². The fourth-order valence-electron chi connectivity index (χ4n) is 4.44. The molecule has 1 saturated heterocycles. The van der Waals surface area contributed by atoms with Gasteiger partial charge in [-0.15, -0.1) is 0 Å². The Labute approximate surface area is 146 Å². The third kappa shape index (κ3) is 2.19. The number of amides is 2. The first kappa shape index (κ1) is 16.4. The lowest BCUT2D eigenvalue weighted by atomic mass is 9.81. The first-order chi connectivity index (χ1) is 10.3. The van der Waals surface area contributed by atoms with Crippen LogP contribution in [0.5, 0.6) is 0 Å². The van der Waals surface area contributed by atoms with Gasteiger partial charge in [0, 0.05) is 9.65 Å². The van der Waals surface area contributed by atoms with Crippen LogP contribution in [-0.4, -0.2) is 43.5 Å². The number of aliphatic carboxylic acids is 1. The summed E-state index contributed by atoms with van der Waals surface area (Å²) in [5.41, 5.74) is 0. The number of hydrogen-bond acceptors (Lipinski definition) is 3. The van der Waals surface area contributed by atoms with Gasteiger partial charge in [0.2, 0.25) is 11.8 Å². The van der Waals surface area contributed by atoms with E-state index in [1.165, 1.54) is 0 Å². The van der Waals surface area contributed by atoms with Gasteiger partial charge in [-0.25, -0.2) is 4.79 Å². The summed E-state index contributed by atoms with van der Waals surface area (Å²) in [6, 6.07) is -1.03. The van der Waals surface area contributed by atoms with Crippen molar-refractivity contribution in [3.63, 3.8) is 0 Å². The number of likely N-dealkylation sites (tertiary alicyclic amines) is 1. The summed E-state index contributed by atoms with van der Waals surface area (Å²) < 4.78 is 0. The minimum Gasteiger partial charge on any atom is -0.480 e. The molecule has 0 unspecified atom stereocenters. The molecule has 2 aliphatic carbocycles. The van der Waals surface area contributed by atoms with E-state index in [4.69, 9.17) is 0 Å². The summed E-state index contributed by atoms with van der Waals surface area (Å²) >= 11 is 7.25. The van der Waals surface area contributed by atoms with Crippen molar-refractivity contribution < 1.29 is 19.5 Å². The predicted octanol–water partition coefficient (Wildman–Crippen LogP) is 2.26. The van der Waals surface area contributed by atoms with Crippen LogP contribution in [0.3, 0.4) is 0 Å². The molecule has 7 atom stereocenters. The Bertz CT molecular complexity index is 506.